The molecule has 0 amide bonds. The zero-order valence-corrected chi connectivity index (χ0v) is 9.20. The van der Waals surface area contributed by atoms with E-state index in [9.17, 15) is 0 Å². The number of benzene rings is 1. The predicted molar refractivity (Wildman–Crippen MR) is 59.4 cm³/mol. The van der Waals surface area contributed by atoms with Crippen molar-refractivity contribution in [2.45, 2.75) is 26.2 Å². The Labute approximate surface area is 84.6 Å². The lowest BCUT2D eigenvalue weighted by atomic mass is 9.96. The smallest absolute Gasteiger partial charge is 0.115 e. The van der Waals surface area contributed by atoms with Crippen molar-refractivity contribution in [1.29, 1.82) is 0 Å². The van der Waals surface area contributed by atoms with Gasteiger partial charge in [0.15, 0.2) is 0 Å². The molecular weight excluding hydrogens is 172 g/mol. The van der Waals surface area contributed by atoms with E-state index in [4.69, 9.17) is 0 Å². The number of para-hydroxylation sites is 2. The van der Waals surface area contributed by atoms with Crippen LogP contribution in [0, 0.1) is 0 Å². The molecule has 0 aliphatic carbocycles. The number of rotatable bonds is 0. The van der Waals surface area contributed by atoms with E-state index in [0.717, 1.165) is 11.3 Å². The van der Waals surface area contributed by atoms with Crippen LogP contribution in [0.2, 0.25) is 0 Å². The van der Waals surface area contributed by atoms with Crippen molar-refractivity contribution in [1.82, 2.24) is 9.55 Å². The van der Waals surface area contributed by atoms with E-state index < -0.39 is 0 Å². The number of nitrogens with zero attached hydrogens (tertiary/aromatic N) is 2. The third-order valence-corrected chi connectivity index (χ3v) is 2.46. The third kappa shape index (κ3) is 1.31. The van der Waals surface area contributed by atoms with Crippen molar-refractivity contribution in [3.8, 4) is 0 Å². The summed E-state index contributed by atoms with van der Waals surface area (Å²) in [6.07, 6.45) is 0. The second kappa shape index (κ2) is 2.84. The van der Waals surface area contributed by atoms with Gasteiger partial charge in [-0.3, -0.25) is 0 Å². The van der Waals surface area contributed by atoms with Gasteiger partial charge in [0.2, 0.25) is 0 Å². The number of aryl methyl sites for hydroxylation is 1. The standard InChI is InChI=1S/C12H16N2/c1-12(2,3)11-13-9-7-5-6-8-10(9)14(11)4/h5-8H,1-4H3. The molecule has 1 aromatic heterocycles. The summed E-state index contributed by atoms with van der Waals surface area (Å²) in [5.41, 5.74) is 2.39. The Morgan fingerprint density at radius 2 is 1.79 bits per heavy atom. The van der Waals surface area contributed by atoms with Crippen LogP contribution in [-0.4, -0.2) is 9.55 Å². The van der Waals surface area contributed by atoms with E-state index in [1.54, 1.807) is 0 Å². The molecule has 2 heteroatoms. The Morgan fingerprint density at radius 3 is 2.36 bits per heavy atom. The molecule has 0 aliphatic heterocycles. The van der Waals surface area contributed by atoms with Gasteiger partial charge in [0.1, 0.15) is 5.82 Å². The highest BCUT2D eigenvalue weighted by Gasteiger charge is 2.20. The van der Waals surface area contributed by atoms with E-state index in [1.165, 1.54) is 5.52 Å². The van der Waals surface area contributed by atoms with Crippen molar-refractivity contribution in [3.05, 3.63) is 30.1 Å². The van der Waals surface area contributed by atoms with Crippen molar-refractivity contribution >= 4 is 11.0 Å². The molecule has 0 atom stereocenters. The van der Waals surface area contributed by atoms with Crippen LogP contribution in [0.3, 0.4) is 0 Å². The molecule has 0 spiro atoms. The highest BCUT2D eigenvalue weighted by molar-refractivity contribution is 5.76. The van der Waals surface area contributed by atoms with Crippen LogP contribution in [0.4, 0.5) is 0 Å². The summed E-state index contributed by atoms with van der Waals surface area (Å²) in [4.78, 5) is 4.65. The molecule has 2 nitrogen and oxygen atoms in total. The lowest BCUT2D eigenvalue weighted by molar-refractivity contribution is 0.526. The molecule has 0 saturated carbocycles. The van der Waals surface area contributed by atoms with Gasteiger partial charge in [0.05, 0.1) is 11.0 Å². The van der Waals surface area contributed by atoms with Gasteiger partial charge < -0.3 is 4.57 Å². The second-order valence-corrected chi connectivity index (χ2v) is 4.73. The maximum Gasteiger partial charge on any atom is 0.115 e. The van der Waals surface area contributed by atoms with Crippen molar-refractivity contribution in [2.75, 3.05) is 0 Å². The van der Waals surface area contributed by atoms with Crippen molar-refractivity contribution in [3.63, 3.8) is 0 Å². The Balaban J connectivity index is 2.75. The van der Waals surface area contributed by atoms with Gasteiger partial charge >= 0.3 is 0 Å². The molecule has 0 radical (unpaired) electrons. The van der Waals surface area contributed by atoms with Crippen molar-refractivity contribution in [2.24, 2.45) is 7.05 Å². The first-order chi connectivity index (χ1) is 6.50. The Morgan fingerprint density at radius 1 is 1.14 bits per heavy atom. The zero-order valence-electron chi connectivity index (χ0n) is 9.20. The maximum atomic E-state index is 4.65. The normalized spacial score (nSPS) is 12.3. The molecule has 0 N–H and O–H groups in total. The average molecular weight is 188 g/mol. The minimum Gasteiger partial charge on any atom is -0.331 e. The highest BCUT2D eigenvalue weighted by atomic mass is 15.1. The summed E-state index contributed by atoms with van der Waals surface area (Å²) in [5.74, 6) is 1.14. The lowest BCUT2D eigenvalue weighted by Gasteiger charge is -2.17. The van der Waals surface area contributed by atoms with E-state index in [-0.39, 0.29) is 5.41 Å². The number of hydrogen-bond donors (Lipinski definition) is 0. The summed E-state index contributed by atoms with van der Waals surface area (Å²) >= 11 is 0. The number of imidazole rings is 1. The van der Waals surface area contributed by atoms with Gasteiger partial charge in [-0.1, -0.05) is 32.9 Å². The van der Waals surface area contributed by atoms with Crippen LogP contribution >= 0.6 is 0 Å². The number of fused-ring (bicyclic) bond motifs is 1. The third-order valence-electron chi connectivity index (χ3n) is 2.46. The molecule has 74 valence electrons. The monoisotopic (exact) mass is 188 g/mol. The molecule has 0 unspecified atom stereocenters. The topological polar surface area (TPSA) is 17.8 Å². The molecular formula is C12H16N2. The van der Waals surface area contributed by atoms with E-state index in [1.807, 2.05) is 6.07 Å². The van der Waals surface area contributed by atoms with Crippen LogP contribution in [0.25, 0.3) is 11.0 Å². The van der Waals surface area contributed by atoms with Gasteiger partial charge in [0.25, 0.3) is 0 Å². The maximum absolute atomic E-state index is 4.65. The molecule has 0 fully saturated rings. The lowest BCUT2D eigenvalue weighted by Crippen LogP contribution is -2.17. The van der Waals surface area contributed by atoms with Crippen LogP contribution in [-0.2, 0) is 12.5 Å². The van der Waals surface area contributed by atoms with Crippen LogP contribution < -0.4 is 0 Å². The SMILES string of the molecule is Cn1c(C(C)(C)C)nc2ccccc21. The van der Waals surface area contributed by atoms with Crippen molar-refractivity contribution < 1.29 is 0 Å². The van der Waals surface area contributed by atoms with E-state index >= 15 is 0 Å². The van der Waals surface area contributed by atoms with Gasteiger partial charge in [-0.2, -0.15) is 0 Å². The van der Waals surface area contributed by atoms with Crippen LogP contribution in [0.5, 0.6) is 0 Å². The van der Waals surface area contributed by atoms with Crippen LogP contribution in [0.1, 0.15) is 26.6 Å². The Hall–Kier alpha value is -1.31. The number of aromatic nitrogens is 2. The molecule has 2 aromatic rings. The highest BCUT2D eigenvalue weighted by Crippen LogP contribution is 2.24. The summed E-state index contributed by atoms with van der Waals surface area (Å²) < 4.78 is 2.18. The summed E-state index contributed by atoms with van der Waals surface area (Å²) in [6, 6.07) is 8.25. The molecule has 14 heavy (non-hydrogen) atoms. The molecule has 0 bridgehead atoms. The quantitative estimate of drug-likeness (QED) is 0.621. The van der Waals surface area contributed by atoms with Crippen LogP contribution in [0.15, 0.2) is 24.3 Å². The first kappa shape index (κ1) is 9.25. The Bertz CT molecular complexity index is 461. The largest absolute Gasteiger partial charge is 0.331 e. The Kier molecular flexibility index (Phi) is 1.88. The van der Waals surface area contributed by atoms with E-state index in [2.05, 4.69) is 55.6 Å². The molecule has 0 aliphatic rings. The number of hydrogen-bond acceptors (Lipinski definition) is 1. The molecule has 2 rings (SSSR count). The fourth-order valence-electron chi connectivity index (χ4n) is 1.82. The van der Waals surface area contributed by atoms with Gasteiger partial charge in [-0.05, 0) is 12.1 Å². The fourth-order valence-corrected chi connectivity index (χ4v) is 1.82. The van der Waals surface area contributed by atoms with Gasteiger partial charge in [0, 0.05) is 12.5 Å². The minimum atomic E-state index is 0.105. The molecule has 1 heterocycles. The molecule has 1 aromatic carbocycles. The second-order valence-electron chi connectivity index (χ2n) is 4.73. The van der Waals surface area contributed by atoms with Gasteiger partial charge in [-0.25, -0.2) is 4.98 Å². The average Bonchev–Trinajstić information content (AvgIpc) is 2.44. The first-order valence-electron chi connectivity index (χ1n) is 4.92. The zero-order chi connectivity index (χ0) is 10.3. The summed E-state index contributed by atoms with van der Waals surface area (Å²) in [5, 5.41) is 0. The van der Waals surface area contributed by atoms with E-state index in [0.29, 0.717) is 0 Å². The summed E-state index contributed by atoms with van der Waals surface area (Å²) in [6.45, 7) is 6.57. The fraction of sp³-hybridized carbons (Fsp3) is 0.417. The predicted octanol–water partition coefficient (Wildman–Crippen LogP) is 2.87. The minimum absolute atomic E-state index is 0.105. The molecule has 0 saturated heterocycles. The van der Waals surface area contributed by atoms with Gasteiger partial charge in [-0.15, -0.1) is 0 Å². The first-order valence-corrected chi connectivity index (χ1v) is 4.92. The summed E-state index contributed by atoms with van der Waals surface area (Å²) in [7, 11) is 2.08.